The molecule has 0 aliphatic carbocycles. The van der Waals surface area contributed by atoms with E-state index in [1.54, 1.807) is 25.1 Å². The molecule has 1 rings (SSSR count). The Bertz CT molecular complexity index is 590. The molecule has 1 aromatic carbocycles. The van der Waals surface area contributed by atoms with Gasteiger partial charge in [-0.05, 0) is 31.5 Å². The van der Waals surface area contributed by atoms with E-state index in [4.69, 9.17) is 11.6 Å². The van der Waals surface area contributed by atoms with Crippen molar-refractivity contribution in [3.8, 4) is 0 Å². The summed E-state index contributed by atoms with van der Waals surface area (Å²) in [5, 5.41) is 3.16. The minimum absolute atomic E-state index is 0.325. The predicted octanol–water partition coefficient (Wildman–Crippen LogP) is 2.41. The minimum atomic E-state index is -3.60. The van der Waals surface area contributed by atoms with Crippen LogP contribution < -0.4 is 9.62 Å². The summed E-state index contributed by atoms with van der Waals surface area (Å²) in [4.78, 5) is 12.1. The summed E-state index contributed by atoms with van der Waals surface area (Å²) in [6.45, 7) is 4.11. The molecule has 0 fully saturated rings. The van der Waals surface area contributed by atoms with Crippen LogP contribution in [0.25, 0.3) is 0 Å². The third-order valence-electron chi connectivity index (χ3n) is 2.98. The molecule has 118 valence electrons. The maximum atomic E-state index is 12.1. The highest BCUT2D eigenvalue weighted by Gasteiger charge is 2.28. The van der Waals surface area contributed by atoms with Crippen molar-refractivity contribution in [2.75, 3.05) is 17.1 Å². The van der Waals surface area contributed by atoms with Crippen LogP contribution in [-0.4, -0.2) is 33.2 Å². The van der Waals surface area contributed by atoms with Crippen molar-refractivity contribution in [3.63, 3.8) is 0 Å². The highest BCUT2D eigenvalue weighted by Crippen LogP contribution is 2.24. The third kappa shape index (κ3) is 5.21. The normalized spacial score (nSPS) is 12.8. The maximum Gasteiger partial charge on any atom is 0.243 e. The van der Waals surface area contributed by atoms with Crippen molar-refractivity contribution in [2.45, 2.75) is 32.7 Å². The molecular weight excluding hydrogens is 312 g/mol. The van der Waals surface area contributed by atoms with Crippen molar-refractivity contribution in [1.82, 2.24) is 5.32 Å². The number of carbonyl (C=O) groups is 1. The van der Waals surface area contributed by atoms with Crippen LogP contribution in [0, 0.1) is 0 Å². The Hall–Kier alpha value is -1.27. The number of sulfonamides is 1. The first-order chi connectivity index (χ1) is 9.77. The molecule has 0 aliphatic heterocycles. The lowest BCUT2D eigenvalue weighted by atomic mass is 10.2. The van der Waals surface area contributed by atoms with Crippen LogP contribution in [0.5, 0.6) is 0 Å². The second kappa shape index (κ2) is 7.66. The lowest BCUT2D eigenvalue weighted by molar-refractivity contribution is -0.121. The molecule has 7 heteroatoms. The second-order valence-corrected chi connectivity index (χ2v) is 7.16. The number of unbranched alkanes of at least 4 members (excludes halogenated alkanes) is 1. The largest absolute Gasteiger partial charge is 0.354 e. The van der Waals surface area contributed by atoms with E-state index in [1.165, 1.54) is 6.07 Å². The first-order valence-corrected chi connectivity index (χ1v) is 9.02. The van der Waals surface area contributed by atoms with Crippen molar-refractivity contribution < 1.29 is 13.2 Å². The van der Waals surface area contributed by atoms with Gasteiger partial charge in [0, 0.05) is 11.6 Å². The van der Waals surface area contributed by atoms with Gasteiger partial charge in [0.1, 0.15) is 6.04 Å². The number of benzene rings is 1. The number of anilines is 1. The Kier molecular flexibility index (Phi) is 6.48. The average molecular weight is 333 g/mol. The van der Waals surface area contributed by atoms with Crippen molar-refractivity contribution >= 4 is 33.2 Å². The summed E-state index contributed by atoms with van der Waals surface area (Å²) in [6.07, 6.45) is 2.89. The highest BCUT2D eigenvalue weighted by molar-refractivity contribution is 7.92. The Labute approximate surface area is 131 Å². The summed E-state index contributed by atoms with van der Waals surface area (Å²) >= 11 is 5.90. The molecule has 1 amide bonds. The zero-order valence-corrected chi connectivity index (χ0v) is 14.0. The third-order valence-corrected chi connectivity index (χ3v) is 4.46. The monoisotopic (exact) mass is 332 g/mol. The molecule has 1 unspecified atom stereocenters. The fraction of sp³-hybridized carbons (Fsp3) is 0.500. The van der Waals surface area contributed by atoms with Gasteiger partial charge in [0.2, 0.25) is 15.9 Å². The molecule has 1 aromatic rings. The van der Waals surface area contributed by atoms with E-state index in [1.807, 2.05) is 6.92 Å². The van der Waals surface area contributed by atoms with Gasteiger partial charge >= 0.3 is 0 Å². The Morgan fingerprint density at radius 2 is 2.10 bits per heavy atom. The Morgan fingerprint density at radius 3 is 2.62 bits per heavy atom. The van der Waals surface area contributed by atoms with Gasteiger partial charge in [-0.25, -0.2) is 8.42 Å². The standard InChI is InChI=1S/C14H21ClN2O3S/c1-4-5-9-16-14(18)11(2)17(21(3,19)20)13-8-6-7-12(15)10-13/h6-8,10-11H,4-5,9H2,1-3H3,(H,16,18). The van der Waals surface area contributed by atoms with Gasteiger partial charge in [-0.15, -0.1) is 0 Å². The number of hydrogen-bond acceptors (Lipinski definition) is 3. The van der Waals surface area contributed by atoms with Crippen LogP contribution in [0.4, 0.5) is 5.69 Å². The van der Waals surface area contributed by atoms with E-state index in [9.17, 15) is 13.2 Å². The van der Waals surface area contributed by atoms with Crippen LogP contribution in [0.15, 0.2) is 24.3 Å². The van der Waals surface area contributed by atoms with Crippen molar-refractivity contribution in [3.05, 3.63) is 29.3 Å². The SMILES string of the molecule is CCCCNC(=O)C(C)N(c1cccc(Cl)c1)S(C)(=O)=O. The molecule has 0 bridgehead atoms. The zero-order chi connectivity index (χ0) is 16.0. The number of rotatable bonds is 7. The summed E-state index contributed by atoms with van der Waals surface area (Å²) in [5.41, 5.74) is 0.378. The topological polar surface area (TPSA) is 66.5 Å². The van der Waals surface area contributed by atoms with E-state index < -0.39 is 16.1 Å². The Balaban J connectivity index is 3.01. The van der Waals surface area contributed by atoms with Crippen molar-refractivity contribution in [1.29, 1.82) is 0 Å². The fourth-order valence-electron chi connectivity index (χ4n) is 1.96. The van der Waals surface area contributed by atoms with E-state index in [2.05, 4.69) is 5.32 Å². The average Bonchev–Trinajstić information content (AvgIpc) is 2.37. The van der Waals surface area contributed by atoms with E-state index in [0.29, 0.717) is 17.3 Å². The molecule has 1 N–H and O–H groups in total. The smallest absolute Gasteiger partial charge is 0.243 e. The lowest BCUT2D eigenvalue weighted by Gasteiger charge is -2.28. The number of hydrogen-bond donors (Lipinski definition) is 1. The van der Waals surface area contributed by atoms with Gasteiger partial charge in [-0.2, -0.15) is 0 Å². The molecule has 0 heterocycles. The van der Waals surface area contributed by atoms with Gasteiger partial charge in [-0.1, -0.05) is 31.0 Å². The van der Waals surface area contributed by atoms with Gasteiger partial charge in [-0.3, -0.25) is 9.10 Å². The molecular formula is C14H21ClN2O3S. The van der Waals surface area contributed by atoms with Crippen LogP contribution in [-0.2, 0) is 14.8 Å². The van der Waals surface area contributed by atoms with Crippen LogP contribution in [0.3, 0.4) is 0 Å². The van der Waals surface area contributed by atoms with Crippen LogP contribution in [0.1, 0.15) is 26.7 Å². The minimum Gasteiger partial charge on any atom is -0.354 e. The molecule has 21 heavy (non-hydrogen) atoms. The summed E-state index contributed by atoms with van der Waals surface area (Å²) in [5.74, 6) is -0.325. The molecule has 1 atom stereocenters. The van der Waals surface area contributed by atoms with E-state index in [0.717, 1.165) is 23.4 Å². The molecule has 0 aromatic heterocycles. The second-order valence-electron chi connectivity index (χ2n) is 4.86. The summed E-state index contributed by atoms with van der Waals surface area (Å²) in [6, 6.07) is 5.60. The number of nitrogens with zero attached hydrogens (tertiary/aromatic N) is 1. The summed E-state index contributed by atoms with van der Waals surface area (Å²) in [7, 11) is -3.60. The van der Waals surface area contributed by atoms with E-state index >= 15 is 0 Å². The number of amides is 1. The predicted molar refractivity (Wildman–Crippen MR) is 86.2 cm³/mol. The molecule has 5 nitrogen and oxygen atoms in total. The highest BCUT2D eigenvalue weighted by atomic mass is 35.5. The van der Waals surface area contributed by atoms with E-state index in [-0.39, 0.29) is 5.91 Å². The van der Waals surface area contributed by atoms with Gasteiger partial charge in [0.05, 0.1) is 11.9 Å². The quantitative estimate of drug-likeness (QED) is 0.780. The fourth-order valence-corrected chi connectivity index (χ4v) is 3.31. The van der Waals surface area contributed by atoms with Gasteiger partial charge < -0.3 is 5.32 Å². The summed E-state index contributed by atoms with van der Waals surface area (Å²) < 4.78 is 25.1. The number of halogens is 1. The zero-order valence-electron chi connectivity index (χ0n) is 12.5. The molecule has 0 spiro atoms. The van der Waals surface area contributed by atoms with Crippen LogP contribution >= 0.6 is 11.6 Å². The molecule has 0 saturated carbocycles. The first kappa shape index (κ1) is 17.8. The first-order valence-electron chi connectivity index (χ1n) is 6.80. The maximum absolute atomic E-state index is 12.1. The molecule has 0 radical (unpaired) electrons. The number of nitrogens with one attached hydrogen (secondary N) is 1. The lowest BCUT2D eigenvalue weighted by Crippen LogP contribution is -2.48. The van der Waals surface area contributed by atoms with Gasteiger partial charge in [0.25, 0.3) is 0 Å². The number of carbonyl (C=O) groups excluding carboxylic acids is 1. The van der Waals surface area contributed by atoms with Crippen molar-refractivity contribution in [2.24, 2.45) is 0 Å². The Morgan fingerprint density at radius 1 is 1.43 bits per heavy atom. The molecule has 0 saturated heterocycles. The molecule has 0 aliphatic rings. The van der Waals surface area contributed by atoms with Crippen LogP contribution in [0.2, 0.25) is 5.02 Å². The van der Waals surface area contributed by atoms with Gasteiger partial charge in [0.15, 0.2) is 0 Å².